The lowest BCUT2D eigenvalue weighted by Gasteiger charge is -2.66. The number of carbonyl (C=O) groups excluding carboxylic acids is 3. The Balaban J connectivity index is 1.35. The maximum absolute atomic E-state index is 13.7. The number of rotatable bonds is 8. The van der Waals surface area contributed by atoms with Crippen molar-refractivity contribution in [3.05, 3.63) is 92.0 Å². The molecule has 0 radical (unpaired) electrons. The van der Waals surface area contributed by atoms with Crippen molar-refractivity contribution < 1.29 is 38.4 Å². The number of nitrogens with zero attached hydrogens (tertiary/aromatic N) is 2. The fourth-order valence-corrected chi connectivity index (χ4v) is 9.90. The van der Waals surface area contributed by atoms with Crippen molar-refractivity contribution in [2.75, 3.05) is 6.61 Å². The first kappa shape index (κ1) is 33.3. The zero-order valence-corrected chi connectivity index (χ0v) is 27.3. The van der Waals surface area contributed by atoms with Gasteiger partial charge in [-0.05, 0) is 92.4 Å². The molecule has 1 spiro atoms. The lowest BCUT2D eigenvalue weighted by Crippen LogP contribution is -2.66. The minimum absolute atomic E-state index is 0.0150. The van der Waals surface area contributed by atoms with Gasteiger partial charge in [-0.2, -0.15) is 0 Å². The number of ether oxygens (including phenoxy) is 3. The maximum atomic E-state index is 13.7. The normalized spacial score (nSPS) is 33.5. The number of hydrogen-bond acceptors (Lipinski definition) is 10. The molecule has 0 aromatic heterocycles. The van der Waals surface area contributed by atoms with E-state index < -0.39 is 45.4 Å². The number of carbonyl (C=O) groups is 3. The Labute approximate surface area is 278 Å². The molecule has 4 aliphatic carbocycles. The Morgan fingerprint density at radius 3 is 1.90 bits per heavy atom. The van der Waals surface area contributed by atoms with Gasteiger partial charge in [0.25, 0.3) is 11.4 Å². The second-order valence-corrected chi connectivity index (χ2v) is 14.6. The van der Waals surface area contributed by atoms with E-state index in [1.807, 2.05) is 6.92 Å². The number of benzene rings is 2. The minimum Gasteiger partial charge on any atom is -0.465 e. The van der Waals surface area contributed by atoms with Crippen molar-refractivity contribution in [3.8, 4) is 0 Å². The summed E-state index contributed by atoms with van der Waals surface area (Å²) in [5.41, 5.74) is -0.182. The summed E-state index contributed by atoms with van der Waals surface area (Å²) in [7, 11) is 0. The van der Waals surface area contributed by atoms with Crippen LogP contribution in [0, 0.1) is 54.2 Å². The van der Waals surface area contributed by atoms with Crippen molar-refractivity contribution in [2.45, 2.75) is 77.9 Å². The van der Waals surface area contributed by atoms with Crippen molar-refractivity contribution in [2.24, 2.45) is 34.0 Å². The van der Waals surface area contributed by atoms with Gasteiger partial charge in [-0.15, -0.1) is 0 Å². The Morgan fingerprint density at radius 2 is 1.38 bits per heavy atom. The quantitative estimate of drug-likeness (QED) is 0.0945. The van der Waals surface area contributed by atoms with Crippen molar-refractivity contribution in [1.29, 1.82) is 0 Å². The molecule has 2 aromatic carbocycles. The predicted octanol–water partition coefficient (Wildman–Crippen LogP) is 7.01. The second kappa shape index (κ2) is 12.1. The van der Waals surface area contributed by atoms with Crippen LogP contribution in [0.4, 0.5) is 11.4 Å². The SMILES string of the molecule is C=C1C[C@]23C[C@@H]1CC[C@H]2[C@]1(C)CC[C@@H](OC(=O)c2ccc([N+](=O)[O-])cc2)[C@](C)(COC(C)=O)C1C[C@@H]3OC(=O)c1ccc([N+](=O)[O-])cc1. The fourth-order valence-electron chi connectivity index (χ4n) is 9.90. The first-order valence-electron chi connectivity index (χ1n) is 16.4. The summed E-state index contributed by atoms with van der Waals surface area (Å²) in [6, 6.07) is 10.6. The van der Waals surface area contributed by atoms with Crippen molar-refractivity contribution in [1.82, 2.24) is 0 Å². The van der Waals surface area contributed by atoms with Crippen LogP contribution >= 0.6 is 0 Å². The van der Waals surface area contributed by atoms with Crippen LogP contribution in [0.5, 0.6) is 0 Å². The van der Waals surface area contributed by atoms with Gasteiger partial charge in [0, 0.05) is 42.0 Å². The van der Waals surface area contributed by atoms with Gasteiger partial charge < -0.3 is 14.2 Å². The number of fused-ring (bicyclic) bond motifs is 3. The molecule has 8 atom stereocenters. The Kier molecular flexibility index (Phi) is 8.41. The second-order valence-electron chi connectivity index (χ2n) is 14.6. The molecule has 4 saturated carbocycles. The van der Waals surface area contributed by atoms with Crippen LogP contribution in [0.15, 0.2) is 60.7 Å². The summed E-state index contributed by atoms with van der Waals surface area (Å²) < 4.78 is 18.3. The Morgan fingerprint density at radius 1 is 0.833 bits per heavy atom. The molecule has 6 rings (SSSR count). The van der Waals surface area contributed by atoms with E-state index >= 15 is 0 Å². The van der Waals surface area contributed by atoms with Crippen molar-refractivity contribution in [3.63, 3.8) is 0 Å². The highest BCUT2D eigenvalue weighted by Crippen LogP contribution is 2.73. The maximum Gasteiger partial charge on any atom is 0.338 e. The third-order valence-corrected chi connectivity index (χ3v) is 12.1. The molecule has 2 bridgehead atoms. The Hall–Kier alpha value is -4.61. The molecular weight excluding hydrogens is 620 g/mol. The summed E-state index contributed by atoms with van der Waals surface area (Å²) in [5, 5.41) is 22.3. The highest BCUT2D eigenvalue weighted by Gasteiger charge is 2.70. The lowest BCUT2D eigenvalue weighted by atomic mass is 9.40. The largest absolute Gasteiger partial charge is 0.465 e. The van der Waals surface area contributed by atoms with E-state index in [-0.39, 0.29) is 51.8 Å². The van der Waals surface area contributed by atoms with E-state index in [1.165, 1.54) is 61.0 Å². The van der Waals surface area contributed by atoms with E-state index in [0.29, 0.717) is 18.8 Å². The van der Waals surface area contributed by atoms with Crippen LogP contribution in [-0.4, -0.2) is 46.6 Å². The molecule has 0 heterocycles. The smallest absolute Gasteiger partial charge is 0.338 e. The standard InChI is InChI=1S/C36H40N2O10/c1-21-18-36-19-25(21)9-14-28(36)34(3)16-15-30(47-32(40)23-5-10-26(11-6-23)37(42)43)35(4,20-46-22(2)39)29(34)17-31(36)48-33(41)24-7-12-27(13-8-24)38(44)45/h5-8,10-13,25,28-31H,1,9,14-20H2,2-4H3/t25-,28-,29?,30+,31-,34-,35+,36-/m0/s1. The molecule has 2 aromatic rings. The van der Waals surface area contributed by atoms with Gasteiger partial charge in [0.1, 0.15) is 18.8 Å². The van der Waals surface area contributed by atoms with Crippen LogP contribution in [0.1, 0.15) is 86.4 Å². The van der Waals surface area contributed by atoms with Crippen LogP contribution in [0.3, 0.4) is 0 Å². The molecule has 254 valence electrons. The molecule has 1 unspecified atom stereocenters. The average Bonchev–Trinajstić information content (AvgIpc) is 3.30. The molecule has 0 N–H and O–H groups in total. The van der Waals surface area contributed by atoms with Crippen molar-refractivity contribution >= 4 is 29.3 Å². The van der Waals surface area contributed by atoms with Crippen LogP contribution in [-0.2, 0) is 19.0 Å². The van der Waals surface area contributed by atoms with Gasteiger partial charge in [0.15, 0.2) is 0 Å². The third-order valence-electron chi connectivity index (χ3n) is 12.1. The van der Waals surface area contributed by atoms with Crippen LogP contribution < -0.4 is 0 Å². The first-order chi connectivity index (χ1) is 22.7. The molecule has 12 nitrogen and oxygen atoms in total. The number of allylic oxidation sites excluding steroid dienone is 1. The lowest BCUT2D eigenvalue weighted by molar-refractivity contribution is -0.385. The number of esters is 3. The van der Waals surface area contributed by atoms with E-state index in [4.69, 9.17) is 14.2 Å². The number of nitro benzene ring substituents is 2. The van der Waals surface area contributed by atoms with Gasteiger partial charge in [-0.3, -0.25) is 25.0 Å². The molecule has 4 fully saturated rings. The molecular formula is C36H40N2O10. The summed E-state index contributed by atoms with van der Waals surface area (Å²) in [5.74, 6) is -1.36. The van der Waals surface area contributed by atoms with Gasteiger partial charge in [0.2, 0.25) is 0 Å². The van der Waals surface area contributed by atoms with E-state index in [1.54, 1.807) is 0 Å². The van der Waals surface area contributed by atoms with Gasteiger partial charge >= 0.3 is 17.9 Å². The highest BCUT2D eigenvalue weighted by molar-refractivity contribution is 5.90. The monoisotopic (exact) mass is 660 g/mol. The van der Waals surface area contributed by atoms with Crippen LogP contribution in [0.25, 0.3) is 0 Å². The summed E-state index contributed by atoms with van der Waals surface area (Å²) in [6.45, 7) is 9.98. The number of nitro groups is 2. The molecule has 4 aliphatic rings. The van der Waals surface area contributed by atoms with E-state index in [0.717, 1.165) is 32.1 Å². The van der Waals surface area contributed by atoms with E-state index in [2.05, 4.69) is 13.5 Å². The van der Waals surface area contributed by atoms with Gasteiger partial charge in [-0.25, -0.2) is 9.59 Å². The molecule has 0 saturated heterocycles. The Bertz CT molecular complexity index is 1670. The molecule has 0 aliphatic heterocycles. The average molecular weight is 661 g/mol. The topological polar surface area (TPSA) is 165 Å². The molecule has 12 heteroatoms. The number of hydrogen-bond donors (Lipinski definition) is 0. The van der Waals surface area contributed by atoms with Crippen LogP contribution in [0.2, 0.25) is 0 Å². The zero-order chi connectivity index (χ0) is 34.6. The van der Waals surface area contributed by atoms with E-state index in [9.17, 15) is 34.6 Å². The number of non-ortho nitro benzene ring substituents is 2. The molecule has 48 heavy (non-hydrogen) atoms. The third kappa shape index (κ3) is 5.54. The fraction of sp³-hybridized carbons (Fsp3) is 0.528. The predicted molar refractivity (Wildman–Crippen MR) is 172 cm³/mol. The highest BCUT2D eigenvalue weighted by atomic mass is 16.6. The van der Waals surface area contributed by atoms with Gasteiger partial charge in [0.05, 0.1) is 21.0 Å². The zero-order valence-electron chi connectivity index (χ0n) is 27.3. The summed E-state index contributed by atoms with van der Waals surface area (Å²) in [4.78, 5) is 60.6. The molecule has 0 amide bonds. The summed E-state index contributed by atoms with van der Waals surface area (Å²) >= 11 is 0. The summed E-state index contributed by atoms with van der Waals surface area (Å²) in [6.07, 6.45) is 4.01. The first-order valence-corrected chi connectivity index (χ1v) is 16.4. The van der Waals surface area contributed by atoms with Gasteiger partial charge in [-0.1, -0.05) is 26.0 Å². The minimum atomic E-state index is -0.860.